The van der Waals surface area contributed by atoms with Crippen molar-refractivity contribution in [2.75, 3.05) is 13.1 Å². The number of amides is 6. The molecule has 298 valence electrons. The summed E-state index contributed by atoms with van der Waals surface area (Å²) in [5.74, 6) is -5.02. The topological polar surface area (TPSA) is 302 Å². The molecule has 0 bridgehead atoms. The summed E-state index contributed by atoms with van der Waals surface area (Å²) in [6.07, 6.45) is 5.60. The Labute approximate surface area is 314 Å². The lowest BCUT2D eigenvalue weighted by Crippen LogP contribution is -2.59. The van der Waals surface area contributed by atoms with Crippen molar-refractivity contribution in [3.05, 3.63) is 29.8 Å². The highest BCUT2D eigenvalue weighted by Crippen LogP contribution is 2.29. The monoisotopic (exact) mass is 757 g/mol. The van der Waals surface area contributed by atoms with Gasteiger partial charge in [-0.1, -0.05) is 44.2 Å². The zero-order valence-corrected chi connectivity index (χ0v) is 30.8. The summed E-state index contributed by atoms with van der Waals surface area (Å²) in [5, 5.41) is 29.6. The molecule has 0 unspecified atom stereocenters. The van der Waals surface area contributed by atoms with Crippen LogP contribution >= 0.6 is 0 Å². The molecule has 18 nitrogen and oxygen atoms in total. The molecule has 18 heteroatoms. The van der Waals surface area contributed by atoms with Crippen LogP contribution in [-0.4, -0.2) is 106 Å². The molecule has 0 spiro atoms. The Morgan fingerprint density at radius 1 is 0.815 bits per heavy atom. The van der Waals surface area contributed by atoms with E-state index < -0.39 is 71.6 Å². The number of carboxylic acid groups (broad SMARTS) is 1. The van der Waals surface area contributed by atoms with E-state index in [9.17, 15) is 43.8 Å². The third-order valence-corrected chi connectivity index (χ3v) is 9.70. The molecule has 2 fully saturated rings. The van der Waals surface area contributed by atoms with Gasteiger partial charge in [0, 0.05) is 32.9 Å². The number of guanidine groups is 1. The van der Waals surface area contributed by atoms with Crippen molar-refractivity contribution in [3.8, 4) is 5.75 Å². The lowest BCUT2D eigenvalue weighted by atomic mass is 9.84. The molecule has 1 saturated carbocycles. The Hall–Kier alpha value is -5.42. The van der Waals surface area contributed by atoms with Crippen LogP contribution in [0, 0.1) is 5.92 Å². The van der Waals surface area contributed by atoms with E-state index in [-0.39, 0.29) is 62.8 Å². The Morgan fingerprint density at radius 3 is 2.07 bits per heavy atom. The van der Waals surface area contributed by atoms with E-state index in [1.54, 1.807) is 12.1 Å². The number of nitrogens with one attached hydrogen (secondary N) is 4. The van der Waals surface area contributed by atoms with Crippen molar-refractivity contribution in [3.63, 3.8) is 0 Å². The highest BCUT2D eigenvalue weighted by Gasteiger charge is 2.40. The van der Waals surface area contributed by atoms with Gasteiger partial charge in [-0.25, -0.2) is 0 Å². The van der Waals surface area contributed by atoms with Gasteiger partial charge in [0.05, 0.1) is 0 Å². The van der Waals surface area contributed by atoms with Gasteiger partial charge in [0.2, 0.25) is 35.4 Å². The molecule has 1 aliphatic carbocycles. The number of rotatable bonds is 20. The van der Waals surface area contributed by atoms with E-state index in [0.29, 0.717) is 24.8 Å². The van der Waals surface area contributed by atoms with Crippen LogP contribution in [0.1, 0.15) is 89.5 Å². The molecule has 54 heavy (non-hydrogen) atoms. The summed E-state index contributed by atoms with van der Waals surface area (Å²) in [6, 6.07) is 0.462. The van der Waals surface area contributed by atoms with Gasteiger partial charge in [-0.2, -0.15) is 0 Å². The molecule has 3 rings (SSSR count). The average molecular weight is 758 g/mol. The number of phenolic OH excluding ortho intramolecular Hbond substituents is 1. The largest absolute Gasteiger partial charge is 0.508 e. The van der Waals surface area contributed by atoms with Gasteiger partial charge >= 0.3 is 5.97 Å². The fourth-order valence-electron chi connectivity index (χ4n) is 6.94. The number of nitrogens with two attached hydrogens (primary N) is 3. The molecular weight excluding hydrogens is 702 g/mol. The number of aromatic hydroxyl groups is 1. The van der Waals surface area contributed by atoms with Crippen LogP contribution in [-0.2, 0) is 40.0 Å². The Bertz CT molecular complexity index is 1510. The van der Waals surface area contributed by atoms with E-state index in [0.717, 1.165) is 32.1 Å². The lowest BCUT2D eigenvalue weighted by Gasteiger charge is -2.33. The summed E-state index contributed by atoms with van der Waals surface area (Å²) in [7, 11) is 0. The standard InChI is InChI=1S/C36H55N9O9/c1-21(46)41-26(15-16-30(48)49)32(51)44-28(20-22-7-3-2-4-8-22)35(54)45-18-6-10-29(45)34(53)43-27(19-23-11-13-24(47)14-12-23)33(52)42-25(31(37)50)9-5-17-40-36(38)39/h11-14,22,25-29,47H,2-10,15-20H2,1H3,(H2,37,50)(H,41,46)(H,42,52)(H,43,53)(H,44,51)(H,48,49)(H4,38,39,40)/t25-,26+,27+,28-,29+/m0/s1. The van der Waals surface area contributed by atoms with Gasteiger partial charge in [0.1, 0.15) is 36.0 Å². The third kappa shape index (κ3) is 14.2. The number of hydrogen-bond acceptors (Lipinski definition) is 9. The van der Waals surface area contributed by atoms with Crippen molar-refractivity contribution in [2.24, 2.45) is 28.1 Å². The molecule has 6 amide bonds. The van der Waals surface area contributed by atoms with Gasteiger partial charge in [-0.05, 0) is 62.1 Å². The number of hydrogen-bond donors (Lipinski definition) is 9. The number of benzene rings is 1. The first-order chi connectivity index (χ1) is 25.6. The molecule has 1 aliphatic heterocycles. The fourth-order valence-corrected chi connectivity index (χ4v) is 6.94. The van der Waals surface area contributed by atoms with Crippen molar-refractivity contribution >= 4 is 47.4 Å². The van der Waals surface area contributed by atoms with Crippen molar-refractivity contribution in [1.82, 2.24) is 26.2 Å². The zero-order valence-electron chi connectivity index (χ0n) is 30.8. The van der Waals surface area contributed by atoms with E-state index in [4.69, 9.17) is 17.2 Å². The predicted molar refractivity (Wildman–Crippen MR) is 197 cm³/mol. The minimum absolute atomic E-state index is 0.00128. The molecule has 1 aromatic rings. The number of aliphatic carboxylic acids is 1. The van der Waals surface area contributed by atoms with Crippen LogP contribution in [0.15, 0.2) is 29.3 Å². The van der Waals surface area contributed by atoms with Gasteiger partial charge in [0.15, 0.2) is 5.96 Å². The molecule has 1 heterocycles. The second-order valence-electron chi connectivity index (χ2n) is 14.0. The van der Waals surface area contributed by atoms with Crippen LogP contribution in [0.2, 0.25) is 0 Å². The van der Waals surface area contributed by atoms with Crippen LogP contribution in [0.25, 0.3) is 0 Å². The van der Waals surface area contributed by atoms with Gasteiger partial charge in [-0.15, -0.1) is 0 Å². The van der Waals surface area contributed by atoms with Gasteiger partial charge in [0.25, 0.3) is 0 Å². The zero-order chi connectivity index (χ0) is 39.8. The highest BCUT2D eigenvalue weighted by atomic mass is 16.4. The van der Waals surface area contributed by atoms with Gasteiger partial charge in [-0.3, -0.25) is 38.6 Å². The smallest absolute Gasteiger partial charge is 0.303 e. The van der Waals surface area contributed by atoms with Crippen LogP contribution in [0.5, 0.6) is 5.75 Å². The second-order valence-corrected chi connectivity index (χ2v) is 14.0. The fraction of sp³-hybridized carbons (Fsp3) is 0.611. The molecule has 2 aliphatic rings. The van der Waals surface area contributed by atoms with E-state index in [1.807, 2.05) is 0 Å². The Morgan fingerprint density at radius 2 is 1.46 bits per heavy atom. The summed E-state index contributed by atoms with van der Waals surface area (Å²) in [5.41, 5.74) is 16.9. The maximum absolute atomic E-state index is 14.3. The summed E-state index contributed by atoms with van der Waals surface area (Å²) >= 11 is 0. The molecule has 0 aromatic heterocycles. The van der Waals surface area contributed by atoms with Crippen LogP contribution in [0.3, 0.4) is 0 Å². The number of aliphatic imine (C=N–C) groups is 1. The molecular formula is C36H55N9O9. The number of carbonyl (C=O) groups excluding carboxylic acids is 6. The van der Waals surface area contributed by atoms with Crippen molar-refractivity contribution in [1.29, 1.82) is 0 Å². The van der Waals surface area contributed by atoms with Gasteiger partial charge < -0.3 is 53.6 Å². The first kappa shape index (κ1) is 43.0. The van der Waals surface area contributed by atoms with Crippen LogP contribution < -0.4 is 38.5 Å². The molecule has 0 radical (unpaired) electrons. The number of nitrogens with zero attached hydrogens (tertiary/aromatic N) is 2. The SMILES string of the molecule is CC(=O)N[C@H](CCC(=O)O)C(=O)N[C@@H](CC1CCCCC1)C(=O)N1CCC[C@@H]1C(=O)N[C@H](Cc1ccc(O)cc1)C(=O)N[C@@H](CCCN=C(N)N)C(N)=O. The summed E-state index contributed by atoms with van der Waals surface area (Å²) in [6.45, 7) is 1.60. The van der Waals surface area contributed by atoms with E-state index >= 15 is 0 Å². The van der Waals surface area contributed by atoms with E-state index in [1.165, 1.54) is 24.0 Å². The normalized spacial score (nSPS) is 17.9. The van der Waals surface area contributed by atoms with Crippen molar-refractivity contribution in [2.45, 2.75) is 121 Å². The minimum Gasteiger partial charge on any atom is -0.508 e. The maximum atomic E-state index is 14.3. The minimum atomic E-state index is -1.22. The maximum Gasteiger partial charge on any atom is 0.303 e. The summed E-state index contributed by atoms with van der Waals surface area (Å²) in [4.78, 5) is 96.1. The van der Waals surface area contributed by atoms with Crippen LogP contribution in [0.4, 0.5) is 0 Å². The first-order valence-electron chi connectivity index (χ1n) is 18.5. The number of carboxylic acids is 1. The lowest BCUT2D eigenvalue weighted by molar-refractivity contribution is -0.143. The third-order valence-electron chi connectivity index (χ3n) is 9.70. The number of phenols is 1. The number of primary amides is 1. The number of carbonyl (C=O) groups is 7. The average Bonchev–Trinajstić information content (AvgIpc) is 3.61. The quantitative estimate of drug-likeness (QED) is 0.0453. The molecule has 1 aromatic carbocycles. The Balaban J connectivity index is 1.83. The number of likely N-dealkylation sites (tertiary alicyclic amines) is 1. The highest BCUT2D eigenvalue weighted by molar-refractivity contribution is 5.96. The first-order valence-corrected chi connectivity index (χ1v) is 18.5. The predicted octanol–water partition coefficient (Wildman–Crippen LogP) is -0.741. The summed E-state index contributed by atoms with van der Waals surface area (Å²) < 4.78 is 0. The second kappa shape index (κ2) is 21.3. The molecule has 5 atom stereocenters. The molecule has 1 saturated heterocycles. The Kier molecular flexibility index (Phi) is 17.0. The molecule has 12 N–H and O–H groups in total. The van der Waals surface area contributed by atoms with Crippen molar-refractivity contribution < 1.29 is 43.8 Å². The van der Waals surface area contributed by atoms with E-state index in [2.05, 4.69) is 26.3 Å².